The topological polar surface area (TPSA) is 28.2 Å². The van der Waals surface area contributed by atoms with Gasteiger partial charge in [0.2, 0.25) is 0 Å². The van der Waals surface area contributed by atoms with Gasteiger partial charge < -0.3 is 5.32 Å². The maximum atomic E-state index is 5.39. The monoisotopic (exact) mass is 245 g/mol. The van der Waals surface area contributed by atoms with Crippen LogP contribution in [0.15, 0.2) is 18.2 Å². The third-order valence-corrected chi connectivity index (χ3v) is 2.66. The third-order valence-electron chi connectivity index (χ3n) is 2.66. The Kier molecular flexibility index (Phi) is 7.09. The lowest BCUT2D eigenvalue weighted by atomic mass is 10.2. The number of hydrogen-bond acceptors (Lipinski definition) is 3. The second kappa shape index (κ2) is 8.68. The molecule has 1 aromatic rings. The van der Waals surface area contributed by atoms with Gasteiger partial charge in [-0.3, -0.25) is 9.88 Å². The van der Waals surface area contributed by atoms with Crippen LogP contribution in [0.25, 0.3) is 0 Å². The Bertz CT molecular complexity index is 382. The fourth-order valence-corrected chi connectivity index (χ4v) is 1.86. The first-order valence-electron chi connectivity index (χ1n) is 6.61. The summed E-state index contributed by atoms with van der Waals surface area (Å²) in [4.78, 5) is 6.89. The molecule has 0 amide bonds. The summed E-state index contributed by atoms with van der Waals surface area (Å²) in [6.45, 7) is 8.59. The van der Waals surface area contributed by atoms with E-state index in [2.05, 4.69) is 53.2 Å². The van der Waals surface area contributed by atoms with Gasteiger partial charge in [0, 0.05) is 13.1 Å². The van der Waals surface area contributed by atoms with E-state index in [4.69, 9.17) is 6.42 Å². The lowest BCUT2D eigenvalue weighted by Gasteiger charge is -2.18. The van der Waals surface area contributed by atoms with Crippen LogP contribution in [0.4, 0.5) is 0 Å². The van der Waals surface area contributed by atoms with E-state index in [1.807, 2.05) is 0 Å². The van der Waals surface area contributed by atoms with E-state index in [0.29, 0.717) is 6.54 Å². The Balaban J connectivity index is 2.61. The zero-order chi connectivity index (χ0) is 13.2. The molecule has 0 saturated carbocycles. The summed E-state index contributed by atoms with van der Waals surface area (Å²) in [5.74, 6) is 2.71. The number of pyridine rings is 1. The molecule has 3 heteroatoms. The molecule has 0 fully saturated rings. The molecule has 0 radical (unpaired) electrons. The predicted molar refractivity (Wildman–Crippen MR) is 76.0 cm³/mol. The lowest BCUT2D eigenvalue weighted by molar-refractivity contribution is 0.296. The zero-order valence-corrected chi connectivity index (χ0v) is 11.4. The highest BCUT2D eigenvalue weighted by atomic mass is 15.1. The molecule has 1 N–H and O–H groups in total. The molecule has 0 bridgehead atoms. The second-order valence-corrected chi connectivity index (χ2v) is 4.32. The van der Waals surface area contributed by atoms with Crippen molar-refractivity contribution in [3.05, 3.63) is 29.6 Å². The molecule has 1 aromatic heterocycles. The molecule has 0 atom stereocenters. The predicted octanol–water partition coefficient (Wildman–Crippen LogP) is 2.04. The van der Waals surface area contributed by atoms with Crippen LogP contribution in [-0.4, -0.2) is 29.5 Å². The molecule has 0 aliphatic rings. The minimum Gasteiger partial charge on any atom is -0.311 e. The van der Waals surface area contributed by atoms with Gasteiger partial charge in [-0.2, -0.15) is 0 Å². The first-order chi connectivity index (χ1) is 8.80. The van der Waals surface area contributed by atoms with Gasteiger partial charge in [-0.1, -0.05) is 25.8 Å². The number of nitrogens with one attached hydrogen (secondary N) is 1. The molecule has 18 heavy (non-hydrogen) atoms. The molecular weight excluding hydrogens is 222 g/mol. The van der Waals surface area contributed by atoms with Gasteiger partial charge in [0.1, 0.15) is 0 Å². The van der Waals surface area contributed by atoms with Crippen molar-refractivity contribution in [1.82, 2.24) is 15.2 Å². The van der Waals surface area contributed by atoms with Crippen LogP contribution in [0, 0.1) is 12.3 Å². The highest BCUT2D eigenvalue weighted by Crippen LogP contribution is 2.04. The first kappa shape index (κ1) is 14.7. The minimum absolute atomic E-state index is 0.687. The molecule has 1 rings (SSSR count). The Hall–Kier alpha value is -1.37. The molecule has 0 aliphatic heterocycles. The van der Waals surface area contributed by atoms with E-state index in [1.54, 1.807) is 0 Å². The van der Waals surface area contributed by atoms with Gasteiger partial charge in [0.15, 0.2) is 0 Å². The van der Waals surface area contributed by atoms with E-state index in [1.165, 1.54) is 0 Å². The van der Waals surface area contributed by atoms with E-state index in [9.17, 15) is 0 Å². The highest BCUT2D eigenvalue weighted by molar-refractivity contribution is 5.11. The Morgan fingerprint density at radius 3 is 2.78 bits per heavy atom. The van der Waals surface area contributed by atoms with Crippen LogP contribution < -0.4 is 5.32 Å². The smallest absolute Gasteiger partial charge is 0.0602 e. The average Bonchev–Trinajstić information content (AvgIpc) is 2.37. The summed E-state index contributed by atoms with van der Waals surface area (Å²) < 4.78 is 0. The Morgan fingerprint density at radius 2 is 2.11 bits per heavy atom. The molecule has 0 spiro atoms. The normalized spacial score (nSPS) is 10.6. The molecule has 98 valence electrons. The van der Waals surface area contributed by atoms with Crippen molar-refractivity contribution in [2.75, 3.05) is 19.6 Å². The van der Waals surface area contributed by atoms with Crippen molar-refractivity contribution in [2.24, 2.45) is 0 Å². The van der Waals surface area contributed by atoms with E-state index in [0.717, 1.165) is 44.0 Å². The quantitative estimate of drug-likeness (QED) is 0.710. The Morgan fingerprint density at radius 1 is 1.33 bits per heavy atom. The van der Waals surface area contributed by atoms with Crippen LogP contribution in [0.1, 0.15) is 31.7 Å². The number of rotatable bonds is 8. The fraction of sp³-hybridized carbons (Fsp3) is 0.533. The Labute approximate surface area is 111 Å². The van der Waals surface area contributed by atoms with Crippen LogP contribution in [0.3, 0.4) is 0 Å². The molecular formula is C15H23N3. The number of hydrogen-bond donors (Lipinski definition) is 1. The SMILES string of the molecule is C#CCN(CCC)Cc1cccc(CNCC)n1. The third kappa shape index (κ3) is 5.31. The van der Waals surface area contributed by atoms with Crippen molar-refractivity contribution in [1.29, 1.82) is 0 Å². The molecule has 3 nitrogen and oxygen atoms in total. The maximum absolute atomic E-state index is 5.39. The summed E-state index contributed by atoms with van der Waals surface area (Å²) in [5.41, 5.74) is 2.18. The van der Waals surface area contributed by atoms with E-state index in [-0.39, 0.29) is 0 Å². The number of aromatic nitrogens is 1. The summed E-state index contributed by atoms with van der Waals surface area (Å²) in [7, 11) is 0. The largest absolute Gasteiger partial charge is 0.311 e. The van der Waals surface area contributed by atoms with Crippen molar-refractivity contribution in [3.63, 3.8) is 0 Å². The highest BCUT2D eigenvalue weighted by Gasteiger charge is 2.05. The van der Waals surface area contributed by atoms with Gasteiger partial charge in [-0.25, -0.2) is 0 Å². The van der Waals surface area contributed by atoms with E-state index < -0.39 is 0 Å². The zero-order valence-electron chi connectivity index (χ0n) is 11.4. The van der Waals surface area contributed by atoms with Crippen molar-refractivity contribution >= 4 is 0 Å². The van der Waals surface area contributed by atoms with Gasteiger partial charge in [-0.05, 0) is 31.6 Å². The van der Waals surface area contributed by atoms with Crippen molar-refractivity contribution in [2.45, 2.75) is 33.4 Å². The second-order valence-electron chi connectivity index (χ2n) is 4.32. The minimum atomic E-state index is 0.687. The summed E-state index contributed by atoms with van der Waals surface area (Å²) >= 11 is 0. The number of terminal acetylenes is 1. The van der Waals surface area contributed by atoms with Gasteiger partial charge >= 0.3 is 0 Å². The van der Waals surface area contributed by atoms with Gasteiger partial charge in [0.25, 0.3) is 0 Å². The summed E-state index contributed by atoms with van der Waals surface area (Å²) in [5, 5.41) is 3.29. The molecule has 0 aromatic carbocycles. The summed E-state index contributed by atoms with van der Waals surface area (Å²) in [6.07, 6.45) is 6.50. The van der Waals surface area contributed by atoms with Crippen LogP contribution in [0.5, 0.6) is 0 Å². The molecule has 0 aliphatic carbocycles. The summed E-state index contributed by atoms with van der Waals surface area (Å²) in [6, 6.07) is 6.18. The average molecular weight is 245 g/mol. The number of nitrogens with zero attached hydrogens (tertiary/aromatic N) is 2. The lowest BCUT2D eigenvalue weighted by Crippen LogP contribution is -2.25. The van der Waals surface area contributed by atoms with Crippen molar-refractivity contribution < 1.29 is 0 Å². The van der Waals surface area contributed by atoms with Crippen molar-refractivity contribution in [3.8, 4) is 12.3 Å². The van der Waals surface area contributed by atoms with Crippen LogP contribution >= 0.6 is 0 Å². The molecule has 1 heterocycles. The molecule has 0 unspecified atom stereocenters. The fourth-order valence-electron chi connectivity index (χ4n) is 1.86. The van der Waals surface area contributed by atoms with Crippen LogP contribution in [-0.2, 0) is 13.1 Å². The standard InChI is InChI=1S/C15H23N3/c1-4-10-18(11-5-2)13-15-9-7-8-14(17-15)12-16-6-3/h1,7-9,16H,5-6,10-13H2,2-3H3. The van der Waals surface area contributed by atoms with E-state index >= 15 is 0 Å². The van der Waals surface area contributed by atoms with Gasteiger partial charge in [0.05, 0.1) is 17.9 Å². The maximum Gasteiger partial charge on any atom is 0.0602 e. The first-order valence-corrected chi connectivity index (χ1v) is 6.61. The molecule has 0 saturated heterocycles. The van der Waals surface area contributed by atoms with Gasteiger partial charge in [-0.15, -0.1) is 6.42 Å². The van der Waals surface area contributed by atoms with Crippen LogP contribution in [0.2, 0.25) is 0 Å².